The minimum atomic E-state index is -0.379. The van der Waals surface area contributed by atoms with Crippen LogP contribution in [0.15, 0.2) is 23.2 Å². The molecule has 0 fully saturated rings. The molecule has 0 saturated carbocycles. The largest absolute Gasteiger partial charge is 0.335 e. The highest BCUT2D eigenvalue weighted by atomic mass is 32.2. The first-order valence-corrected chi connectivity index (χ1v) is 7.67. The zero-order chi connectivity index (χ0) is 14.7. The summed E-state index contributed by atoms with van der Waals surface area (Å²) in [4.78, 5) is 15.1. The van der Waals surface area contributed by atoms with Crippen LogP contribution < -0.4 is 5.32 Å². The molecule has 0 aromatic heterocycles. The normalized spacial score (nSPS) is 18.2. The molecule has 5 nitrogen and oxygen atoms in total. The number of nitro groups is 1. The van der Waals surface area contributed by atoms with E-state index in [0.29, 0.717) is 12.0 Å². The Balaban J connectivity index is 2.10. The third kappa shape index (κ3) is 3.72. The van der Waals surface area contributed by atoms with Gasteiger partial charge in [0.05, 0.1) is 11.0 Å². The van der Waals surface area contributed by atoms with Gasteiger partial charge in [-0.15, -0.1) is 0 Å². The molecule has 0 spiro atoms. The van der Waals surface area contributed by atoms with Gasteiger partial charge in [-0.1, -0.05) is 31.7 Å². The lowest BCUT2D eigenvalue weighted by Crippen LogP contribution is -2.08. The van der Waals surface area contributed by atoms with E-state index in [-0.39, 0.29) is 10.6 Å². The van der Waals surface area contributed by atoms with E-state index >= 15 is 0 Å². The van der Waals surface area contributed by atoms with Gasteiger partial charge in [0, 0.05) is 23.6 Å². The van der Waals surface area contributed by atoms with Crippen LogP contribution in [0.2, 0.25) is 0 Å². The summed E-state index contributed by atoms with van der Waals surface area (Å²) in [6, 6.07) is 5.19. The third-order valence-electron chi connectivity index (χ3n) is 3.13. The monoisotopic (exact) mass is 293 g/mol. The van der Waals surface area contributed by atoms with Gasteiger partial charge in [0.15, 0.2) is 5.17 Å². The number of benzene rings is 1. The molecular weight excluding hydrogens is 274 g/mol. The number of thioether (sulfide) groups is 1. The zero-order valence-electron chi connectivity index (χ0n) is 11.9. The fourth-order valence-electron chi connectivity index (χ4n) is 2.12. The summed E-state index contributed by atoms with van der Waals surface area (Å²) >= 11 is 1.68. The van der Waals surface area contributed by atoms with Crippen molar-refractivity contribution in [2.45, 2.75) is 33.2 Å². The number of non-ortho nitro benzene ring substituents is 1. The quantitative estimate of drug-likeness (QED) is 0.676. The van der Waals surface area contributed by atoms with E-state index in [4.69, 9.17) is 0 Å². The van der Waals surface area contributed by atoms with Gasteiger partial charge in [0.1, 0.15) is 0 Å². The third-order valence-corrected chi connectivity index (χ3v) is 4.16. The number of hydrogen-bond acceptors (Lipinski definition) is 5. The Bertz CT molecular complexity index is 543. The molecule has 0 radical (unpaired) electrons. The summed E-state index contributed by atoms with van der Waals surface area (Å²) in [5, 5.41) is 14.9. The second kappa shape index (κ2) is 6.26. The van der Waals surface area contributed by atoms with Crippen molar-refractivity contribution in [1.82, 2.24) is 0 Å². The zero-order valence-corrected chi connectivity index (χ0v) is 12.7. The number of nitrogens with one attached hydrogen (secondary N) is 1. The molecule has 1 heterocycles. The Morgan fingerprint density at radius 2 is 2.30 bits per heavy atom. The topological polar surface area (TPSA) is 67.5 Å². The van der Waals surface area contributed by atoms with E-state index in [1.807, 2.05) is 6.92 Å². The van der Waals surface area contributed by atoms with Crippen molar-refractivity contribution in [3.8, 4) is 0 Å². The summed E-state index contributed by atoms with van der Waals surface area (Å²) < 4.78 is 0. The lowest BCUT2D eigenvalue weighted by Gasteiger charge is -2.08. The average molecular weight is 293 g/mol. The van der Waals surface area contributed by atoms with Crippen molar-refractivity contribution >= 4 is 28.3 Å². The summed E-state index contributed by atoms with van der Waals surface area (Å²) in [6.07, 6.45) is 1.08. The highest BCUT2D eigenvalue weighted by molar-refractivity contribution is 8.14. The van der Waals surface area contributed by atoms with Gasteiger partial charge in [0.2, 0.25) is 0 Å². The van der Waals surface area contributed by atoms with Gasteiger partial charge < -0.3 is 5.32 Å². The molecule has 1 atom stereocenters. The van der Waals surface area contributed by atoms with Crippen LogP contribution >= 0.6 is 11.8 Å². The molecule has 20 heavy (non-hydrogen) atoms. The minimum absolute atomic E-state index is 0.0976. The van der Waals surface area contributed by atoms with Gasteiger partial charge in [-0.25, -0.2) is 0 Å². The Labute approximate surface area is 123 Å². The first-order valence-electron chi connectivity index (χ1n) is 6.68. The van der Waals surface area contributed by atoms with Gasteiger partial charge in [-0.2, -0.15) is 0 Å². The van der Waals surface area contributed by atoms with Crippen LogP contribution in [-0.2, 0) is 0 Å². The lowest BCUT2D eigenvalue weighted by molar-refractivity contribution is -0.384. The van der Waals surface area contributed by atoms with Crippen molar-refractivity contribution in [3.05, 3.63) is 33.9 Å². The van der Waals surface area contributed by atoms with E-state index < -0.39 is 0 Å². The van der Waals surface area contributed by atoms with Crippen LogP contribution in [0.25, 0.3) is 0 Å². The Morgan fingerprint density at radius 1 is 1.55 bits per heavy atom. The fourth-order valence-corrected chi connectivity index (χ4v) is 3.09. The summed E-state index contributed by atoms with van der Waals surface area (Å²) in [5.41, 5.74) is 1.84. The van der Waals surface area contributed by atoms with E-state index in [1.54, 1.807) is 23.9 Å². The highest BCUT2D eigenvalue weighted by Gasteiger charge is 2.20. The van der Waals surface area contributed by atoms with Gasteiger partial charge in [-0.05, 0) is 24.8 Å². The second-order valence-corrected chi connectivity index (χ2v) is 6.42. The molecule has 1 aromatic carbocycles. The maximum Gasteiger partial charge on any atom is 0.271 e. The average Bonchev–Trinajstić information content (AvgIpc) is 2.78. The van der Waals surface area contributed by atoms with Crippen LogP contribution in [0.4, 0.5) is 11.4 Å². The predicted molar refractivity (Wildman–Crippen MR) is 84.6 cm³/mol. The molecule has 1 N–H and O–H groups in total. The summed E-state index contributed by atoms with van der Waals surface area (Å²) in [6.45, 7) is 6.31. The minimum Gasteiger partial charge on any atom is -0.335 e. The van der Waals surface area contributed by atoms with Gasteiger partial charge in [-0.3, -0.25) is 15.1 Å². The number of nitrogens with zero attached hydrogens (tertiary/aromatic N) is 2. The number of nitro benzene ring substituents is 1. The summed E-state index contributed by atoms with van der Waals surface area (Å²) in [7, 11) is 0. The molecule has 0 bridgehead atoms. The van der Waals surface area contributed by atoms with Crippen LogP contribution in [0.3, 0.4) is 0 Å². The molecule has 6 heteroatoms. The maximum atomic E-state index is 10.8. The van der Waals surface area contributed by atoms with Crippen molar-refractivity contribution in [1.29, 1.82) is 0 Å². The van der Waals surface area contributed by atoms with Gasteiger partial charge >= 0.3 is 0 Å². The van der Waals surface area contributed by atoms with Crippen molar-refractivity contribution < 1.29 is 4.92 Å². The molecule has 0 amide bonds. The fraction of sp³-hybridized carbons (Fsp3) is 0.500. The molecule has 1 aromatic rings. The Kier molecular flexibility index (Phi) is 4.65. The summed E-state index contributed by atoms with van der Waals surface area (Å²) in [5.74, 6) is 1.61. The van der Waals surface area contributed by atoms with E-state index in [1.165, 1.54) is 6.07 Å². The maximum absolute atomic E-state index is 10.8. The molecule has 108 valence electrons. The molecule has 1 aliphatic rings. The number of aliphatic imine (C=N–C) groups is 1. The number of amidine groups is 1. The molecule has 1 unspecified atom stereocenters. The number of hydrogen-bond donors (Lipinski definition) is 1. The first-order chi connectivity index (χ1) is 9.45. The van der Waals surface area contributed by atoms with Crippen molar-refractivity contribution in [2.75, 3.05) is 11.1 Å². The Hall–Kier alpha value is -1.56. The van der Waals surface area contributed by atoms with Crippen LogP contribution in [0.5, 0.6) is 0 Å². The number of rotatable bonds is 4. The van der Waals surface area contributed by atoms with Crippen molar-refractivity contribution in [3.63, 3.8) is 0 Å². The Morgan fingerprint density at radius 3 is 2.95 bits per heavy atom. The number of anilines is 1. The van der Waals surface area contributed by atoms with Crippen molar-refractivity contribution in [2.24, 2.45) is 10.9 Å². The SMILES string of the molecule is Cc1ccc([N+](=O)[O-])cc1NC1=NC(CC(C)C)CS1. The molecular formula is C14H19N3O2S. The highest BCUT2D eigenvalue weighted by Crippen LogP contribution is 2.27. The van der Waals surface area contributed by atoms with Crippen LogP contribution in [0, 0.1) is 23.0 Å². The lowest BCUT2D eigenvalue weighted by atomic mass is 10.1. The number of aryl methyl sites for hydroxylation is 1. The standard InChI is InChI=1S/C14H19N3O2S/c1-9(2)6-11-8-20-14(15-11)16-13-7-12(17(18)19)5-4-10(13)3/h4-5,7,9,11H,6,8H2,1-3H3,(H,15,16). The second-order valence-electron chi connectivity index (χ2n) is 5.41. The van der Waals surface area contributed by atoms with Crippen LogP contribution in [-0.4, -0.2) is 21.9 Å². The smallest absolute Gasteiger partial charge is 0.271 e. The van der Waals surface area contributed by atoms with E-state index in [2.05, 4.69) is 24.2 Å². The molecule has 2 rings (SSSR count). The molecule has 0 saturated heterocycles. The van der Waals surface area contributed by atoms with Gasteiger partial charge in [0.25, 0.3) is 5.69 Å². The molecule has 1 aliphatic heterocycles. The predicted octanol–water partition coefficient (Wildman–Crippen LogP) is 3.83. The van der Waals surface area contributed by atoms with E-state index in [9.17, 15) is 10.1 Å². The molecule has 0 aliphatic carbocycles. The van der Waals surface area contributed by atoms with E-state index in [0.717, 1.165) is 28.6 Å². The first kappa shape index (κ1) is 14.8. The van der Waals surface area contributed by atoms with Crippen LogP contribution in [0.1, 0.15) is 25.8 Å².